The number of carbonyl (C=O) groups excluding carboxylic acids is 2. The molecule has 0 saturated carbocycles. The Hall–Kier alpha value is -4.64. The minimum absolute atomic E-state index is 0.00273. The van der Waals surface area contributed by atoms with Gasteiger partial charge in [0, 0.05) is 41.8 Å². The summed E-state index contributed by atoms with van der Waals surface area (Å²) in [6.45, 7) is 7.86. The molecule has 0 N–H and O–H groups in total. The van der Waals surface area contributed by atoms with Crippen molar-refractivity contribution in [3.8, 4) is 17.2 Å². The summed E-state index contributed by atoms with van der Waals surface area (Å²) in [5.74, 6) is 1.32. The molecule has 5 heteroatoms. The SMILES string of the molecule is C=CC(=O)CCCOc1cc(OCCCC(=O)C=C)cc(-n2c3ccccc3c3c4ccccc4ccc32)c1. The molecule has 1 aromatic heterocycles. The van der Waals surface area contributed by atoms with Gasteiger partial charge in [0.1, 0.15) is 11.5 Å². The van der Waals surface area contributed by atoms with Gasteiger partial charge in [0.25, 0.3) is 0 Å². The number of fused-ring (bicyclic) bond motifs is 5. The summed E-state index contributed by atoms with van der Waals surface area (Å²) in [6.07, 6.45) is 4.66. The van der Waals surface area contributed by atoms with Crippen LogP contribution < -0.4 is 9.47 Å². The lowest BCUT2D eigenvalue weighted by Gasteiger charge is -2.15. The zero-order valence-corrected chi connectivity index (χ0v) is 21.9. The number of para-hydroxylation sites is 1. The summed E-state index contributed by atoms with van der Waals surface area (Å²) in [5, 5.41) is 4.76. The number of allylic oxidation sites excluding steroid dienone is 2. The van der Waals surface area contributed by atoms with Crippen molar-refractivity contribution in [1.29, 1.82) is 0 Å². The molecule has 0 unspecified atom stereocenters. The highest BCUT2D eigenvalue weighted by atomic mass is 16.5. The van der Waals surface area contributed by atoms with Crippen LogP contribution in [0.3, 0.4) is 0 Å². The van der Waals surface area contributed by atoms with Gasteiger partial charge in [0.05, 0.1) is 29.9 Å². The average Bonchev–Trinajstić information content (AvgIpc) is 3.32. The molecule has 0 spiro atoms. The van der Waals surface area contributed by atoms with Crippen molar-refractivity contribution in [2.45, 2.75) is 25.7 Å². The number of aromatic nitrogens is 1. The van der Waals surface area contributed by atoms with E-state index in [1.165, 1.54) is 33.7 Å². The van der Waals surface area contributed by atoms with Gasteiger partial charge in [0.2, 0.25) is 0 Å². The second-order valence-electron chi connectivity index (χ2n) is 9.44. The second-order valence-corrected chi connectivity index (χ2v) is 9.44. The Labute approximate surface area is 228 Å². The molecule has 39 heavy (non-hydrogen) atoms. The number of carbonyl (C=O) groups is 2. The first-order valence-electron chi connectivity index (χ1n) is 13.2. The summed E-state index contributed by atoms with van der Waals surface area (Å²) in [7, 11) is 0. The number of hydrogen-bond acceptors (Lipinski definition) is 4. The first-order chi connectivity index (χ1) is 19.1. The van der Waals surface area contributed by atoms with Crippen molar-refractivity contribution in [2.75, 3.05) is 13.2 Å². The van der Waals surface area contributed by atoms with Gasteiger partial charge in [-0.1, -0.05) is 61.7 Å². The average molecular weight is 518 g/mol. The maximum atomic E-state index is 11.6. The monoisotopic (exact) mass is 517 g/mol. The van der Waals surface area contributed by atoms with Gasteiger partial charge in [-0.15, -0.1) is 0 Å². The van der Waals surface area contributed by atoms with Crippen LogP contribution in [0.1, 0.15) is 25.7 Å². The maximum Gasteiger partial charge on any atom is 0.155 e. The minimum atomic E-state index is 0.00273. The molecule has 4 aromatic carbocycles. The van der Waals surface area contributed by atoms with Gasteiger partial charge in [-0.05, 0) is 47.9 Å². The van der Waals surface area contributed by atoms with Gasteiger partial charge in [-0.2, -0.15) is 0 Å². The van der Waals surface area contributed by atoms with Crippen LogP contribution in [-0.2, 0) is 9.59 Å². The molecule has 0 saturated heterocycles. The van der Waals surface area contributed by atoms with Crippen LogP contribution in [0.25, 0.3) is 38.3 Å². The first-order valence-corrected chi connectivity index (χ1v) is 13.2. The number of benzene rings is 4. The fraction of sp³-hybridized carbons (Fsp3) is 0.176. The Balaban J connectivity index is 1.56. The molecule has 0 aliphatic rings. The molecule has 0 atom stereocenters. The van der Waals surface area contributed by atoms with E-state index in [9.17, 15) is 9.59 Å². The molecular formula is C34H31NO4. The van der Waals surface area contributed by atoms with Crippen LogP contribution in [0.2, 0.25) is 0 Å². The molecule has 5 rings (SSSR count). The van der Waals surface area contributed by atoms with Crippen molar-refractivity contribution in [1.82, 2.24) is 4.57 Å². The normalized spacial score (nSPS) is 11.1. The van der Waals surface area contributed by atoms with Crippen LogP contribution in [0, 0.1) is 0 Å². The molecule has 5 nitrogen and oxygen atoms in total. The van der Waals surface area contributed by atoms with E-state index in [0.29, 0.717) is 50.4 Å². The molecule has 0 fully saturated rings. The molecule has 0 aliphatic carbocycles. The molecule has 1 heterocycles. The van der Waals surface area contributed by atoms with E-state index in [1.807, 2.05) is 24.3 Å². The number of rotatable bonds is 13. The number of ether oxygens (including phenoxy) is 2. The smallest absolute Gasteiger partial charge is 0.155 e. The minimum Gasteiger partial charge on any atom is -0.493 e. The third-order valence-electron chi connectivity index (χ3n) is 6.81. The van der Waals surface area contributed by atoms with Crippen LogP contribution in [0.4, 0.5) is 0 Å². The lowest BCUT2D eigenvalue weighted by Crippen LogP contribution is -2.04. The standard InChI is InChI=1S/C34H31NO4/c1-3-26(36)12-9-19-38-28-21-25(22-29(23-28)39-20-10-13-27(37)4-2)35-32-16-8-7-15-31(32)34-30-14-6-5-11-24(30)17-18-33(34)35/h3-8,11,14-18,21-23H,1-2,9-10,12-13,19-20H2. The maximum absolute atomic E-state index is 11.6. The van der Waals surface area contributed by atoms with Crippen molar-refractivity contribution in [3.05, 3.63) is 104 Å². The zero-order valence-electron chi connectivity index (χ0n) is 21.9. The topological polar surface area (TPSA) is 57.5 Å². The fourth-order valence-electron chi connectivity index (χ4n) is 4.95. The summed E-state index contributed by atoms with van der Waals surface area (Å²) >= 11 is 0. The first kappa shape index (κ1) is 26.0. The van der Waals surface area contributed by atoms with E-state index < -0.39 is 0 Å². The largest absolute Gasteiger partial charge is 0.493 e. The van der Waals surface area contributed by atoms with Crippen LogP contribution >= 0.6 is 0 Å². The lowest BCUT2D eigenvalue weighted by atomic mass is 10.0. The predicted molar refractivity (Wildman–Crippen MR) is 158 cm³/mol. The number of nitrogens with zero attached hydrogens (tertiary/aromatic N) is 1. The summed E-state index contributed by atoms with van der Waals surface area (Å²) in [4.78, 5) is 23.2. The van der Waals surface area contributed by atoms with Gasteiger partial charge in [0.15, 0.2) is 11.6 Å². The highest BCUT2D eigenvalue weighted by Crippen LogP contribution is 2.38. The molecule has 0 radical (unpaired) electrons. The van der Waals surface area contributed by atoms with E-state index >= 15 is 0 Å². The van der Waals surface area contributed by atoms with Crippen molar-refractivity contribution < 1.29 is 19.1 Å². The van der Waals surface area contributed by atoms with E-state index in [4.69, 9.17) is 9.47 Å². The quantitative estimate of drug-likeness (QED) is 0.118. The van der Waals surface area contributed by atoms with Crippen LogP contribution in [0.15, 0.2) is 104 Å². The molecule has 196 valence electrons. The summed E-state index contributed by atoms with van der Waals surface area (Å²) in [6, 6.07) is 27.0. The van der Waals surface area contributed by atoms with E-state index in [0.717, 1.165) is 16.7 Å². The number of hydrogen-bond donors (Lipinski definition) is 0. The van der Waals surface area contributed by atoms with Crippen molar-refractivity contribution >= 4 is 44.1 Å². The summed E-state index contributed by atoms with van der Waals surface area (Å²) < 4.78 is 14.4. The van der Waals surface area contributed by atoms with Gasteiger partial charge >= 0.3 is 0 Å². The summed E-state index contributed by atoms with van der Waals surface area (Å²) in [5.41, 5.74) is 3.08. The Bertz CT molecular complexity index is 1650. The molecule has 0 aliphatic heterocycles. The molecule has 5 aromatic rings. The van der Waals surface area contributed by atoms with Gasteiger partial charge in [-0.25, -0.2) is 0 Å². The van der Waals surface area contributed by atoms with E-state index in [1.54, 1.807) is 0 Å². The second kappa shape index (κ2) is 11.8. The molecule has 0 amide bonds. The van der Waals surface area contributed by atoms with Crippen molar-refractivity contribution in [3.63, 3.8) is 0 Å². The lowest BCUT2D eigenvalue weighted by molar-refractivity contribution is -0.115. The number of ketones is 2. The predicted octanol–water partition coefficient (Wildman–Crippen LogP) is 7.77. The Morgan fingerprint density at radius 3 is 1.92 bits per heavy atom. The third kappa shape index (κ3) is 5.63. The fourth-order valence-corrected chi connectivity index (χ4v) is 4.95. The Morgan fingerprint density at radius 2 is 1.28 bits per heavy atom. The highest BCUT2D eigenvalue weighted by molar-refractivity contribution is 6.21. The van der Waals surface area contributed by atoms with Crippen LogP contribution in [-0.4, -0.2) is 29.3 Å². The van der Waals surface area contributed by atoms with Gasteiger partial charge in [-0.3, -0.25) is 9.59 Å². The third-order valence-corrected chi connectivity index (χ3v) is 6.81. The highest BCUT2D eigenvalue weighted by Gasteiger charge is 2.16. The van der Waals surface area contributed by atoms with Crippen molar-refractivity contribution in [2.24, 2.45) is 0 Å². The van der Waals surface area contributed by atoms with Crippen LogP contribution in [0.5, 0.6) is 11.5 Å². The Kier molecular flexibility index (Phi) is 7.88. The van der Waals surface area contributed by atoms with E-state index in [-0.39, 0.29) is 11.6 Å². The zero-order chi connectivity index (χ0) is 27.2. The molecular weight excluding hydrogens is 486 g/mol. The van der Waals surface area contributed by atoms with E-state index in [2.05, 4.69) is 72.3 Å². The van der Waals surface area contributed by atoms with Gasteiger partial charge < -0.3 is 14.0 Å². The molecule has 0 bridgehead atoms. The Morgan fingerprint density at radius 1 is 0.692 bits per heavy atom.